The van der Waals surface area contributed by atoms with Gasteiger partial charge in [-0.1, -0.05) is 30.4 Å². The van der Waals surface area contributed by atoms with Crippen LogP contribution in [-0.4, -0.2) is 35.4 Å². The van der Waals surface area contributed by atoms with Crippen molar-refractivity contribution in [2.75, 3.05) is 20.4 Å². The van der Waals surface area contributed by atoms with Crippen LogP contribution in [0.2, 0.25) is 0 Å². The van der Waals surface area contributed by atoms with Gasteiger partial charge in [0.1, 0.15) is 0 Å². The zero-order valence-electron chi connectivity index (χ0n) is 15.3. The highest BCUT2D eigenvalue weighted by Gasteiger charge is 2.19. The lowest BCUT2D eigenvalue weighted by molar-refractivity contribution is 0.0948. The van der Waals surface area contributed by atoms with E-state index in [1.165, 1.54) is 44.0 Å². The molecule has 1 aromatic heterocycles. The minimum absolute atomic E-state index is 0.0380. The van der Waals surface area contributed by atoms with Crippen LogP contribution in [0.25, 0.3) is 0 Å². The van der Waals surface area contributed by atoms with Gasteiger partial charge in [0.2, 0.25) is 0 Å². The molecule has 0 bridgehead atoms. The molecule has 0 spiro atoms. The maximum absolute atomic E-state index is 12.6. The predicted molar refractivity (Wildman–Crippen MR) is 102 cm³/mol. The Morgan fingerprint density at radius 3 is 2.33 bits per heavy atom. The highest BCUT2D eigenvalue weighted by atomic mass is 31.2. The van der Waals surface area contributed by atoms with Gasteiger partial charge in [0.25, 0.3) is 11.5 Å². The lowest BCUT2D eigenvalue weighted by Crippen LogP contribution is -2.44. The Balaban J connectivity index is 2.34. The van der Waals surface area contributed by atoms with E-state index in [-0.39, 0.29) is 23.8 Å². The minimum atomic E-state index is -3.18. The fourth-order valence-electron chi connectivity index (χ4n) is 2.37. The molecular weight excluding hydrogens is 371 g/mol. The fraction of sp³-hybridized carbons (Fsp3) is 0.278. The molecule has 0 unspecified atom stereocenters. The second-order valence-corrected chi connectivity index (χ2v) is 8.01. The van der Waals surface area contributed by atoms with Gasteiger partial charge in [0.05, 0.1) is 6.16 Å². The summed E-state index contributed by atoms with van der Waals surface area (Å²) in [6.45, 7) is 1.62. The van der Waals surface area contributed by atoms with Crippen LogP contribution < -0.4 is 11.2 Å². The van der Waals surface area contributed by atoms with E-state index < -0.39 is 24.8 Å². The number of aromatic nitrogens is 2. The molecule has 27 heavy (non-hydrogen) atoms. The Morgan fingerprint density at radius 2 is 1.74 bits per heavy atom. The van der Waals surface area contributed by atoms with Crippen molar-refractivity contribution in [1.29, 1.82) is 0 Å². The van der Waals surface area contributed by atoms with Crippen LogP contribution in [0, 0.1) is 6.92 Å². The molecular formula is C18H21N2O6P. The van der Waals surface area contributed by atoms with Crippen molar-refractivity contribution in [2.24, 2.45) is 0 Å². The number of rotatable bonds is 7. The first-order valence-electron chi connectivity index (χ1n) is 8.11. The number of hydrogen-bond acceptors (Lipinski definition) is 6. The van der Waals surface area contributed by atoms with Crippen molar-refractivity contribution in [2.45, 2.75) is 13.5 Å². The number of benzene rings is 1. The van der Waals surface area contributed by atoms with Gasteiger partial charge >= 0.3 is 13.3 Å². The minimum Gasteiger partial charge on any atom is -0.312 e. The van der Waals surface area contributed by atoms with Crippen molar-refractivity contribution < 1.29 is 18.4 Å². The Hall–Kier alpha value is -2.54. The number of aryl methyl sites for hydroxylation is 1. The molecule has 0 N–H and O–H groups in total. The van der Waals surface area contributed by atoms with E-state index in [2.05, 4.69) is 0 Å². The Morgan fingerprint density at radius 1 is 1.11 bits per heavy atom. The summed E-state index contributed by atoms with van der Waals surface area (Å²) in [4.78, 5) is 37.6. The van der Waals surface area contributed by atoms with Crippen molar-refractivity contribution in [3.8, 4) is 0 Å². The van der Waals surface area contributed by atoms with Gasteiger partial charge in [-0.15, -0.1) is 0 Å². The first-order valence-corrected chi connectivity index (χ1v) is 9.84. The van der Waals surface area contributed by atoms with Crippen LogP contribution in [0.5, 0.6) is 0 Å². The van der Waals surface area contributed by atoms with E-state index in [0.29, 0.717) is 4.57 Å². The van der Waals surface area contributed by atoms with E-state index in [1.54, 1.807) is 30.4 Å². The van der Waals surface area contributed by atoms with Gasteiger partial charge in [0, 0.05) is 38.1 Å². The molecule has 144 valence electrons. The molecule has 0 fully saturated rings. The van der Waals surface area contributed by atoms with Crippen LogP contribution in [0.4, 0.5) is 0 Å². The first-order chi connectivity index (χ1) is 12.8. The molecule has 0 radical (unpaired) electrons. The van der Waals surface area contributed by atoms with Crippen molar-refractivity contribution in [3.63, 3.8) is 0 Å². The van der Waals surface area contributed by atoms with Crippen molar-refractivity contribution in [1.82, 2.24) is 9.13 Å². The third kappa shape index (κ3) is 4.80. The molecule has 0 saturated carbocycles. The smallest absolute Gasteiger partial charge is 0.312 e. The Kier molecular flexibility index (Phi) is 6.85. The van der Waals surface area contributed by atoms with Gasteiger partial charge in [-0.05, 0) is 19.1 Å². The molecule has 1 aromatic carbocycles. The molecule has 2 rings (SSSR count). The highest BCUT2D eigenvalue weighted by molar-refractivity contribution is 7.54. The molecule has 1 heterocycles. The zero-order chi connectivity index (χ0) is 20.0. The SMILES string of the molecule is COP(=O)(C/C=C\Cn1cc(C)c(=O)n(C(=O)c2ccccc2)c1=O)OC. The second-order valence-electron chi connectivity index (χ2n) is 5.69. The molecule has 9 heteroatoms. The van der Waals surface area contributed by atoms with Crippen LogP contribution in [0.15, 0.2) is 58.3 Å². The predicted octanol–water partition coefficient (Wildman–Crippen LogP) is 2.05. The lowest BCUT2D eigenvalue weighted by Gasteiger charge is -2.11. The summed E-state index contributed by atoms with van der Waals surface area (Å²) in [5, 5.41) is 0. The Labute approximate surface area is 156 Å². The summed E-state index contributed by atoms with van der Waals surface area (Å²) >= 11 is 0. The van der Waals surface area contributed by atoms with Gasteiger partial charge in [-0.2, -0.15) is 4.57 Å². The topological polar surface area (TPSA) is 96.6 Å². The first kappa shape index (κ1) is 20.8. The van der Waals surface area contributed by atoms with Crippen molar-refractivity contribution in [3.05, 3.63) is 80.6 Å². The summed E-state index contributed by atoms with van der Waals surface area (Å²) < 4.78 is 23.5. The van der Waals surface area contributed by atoms with E-state index >= 15 is 0 Å². The largest absolute Gasteiger partial charge is 0.338 e. The number of hydrogen-bond donors (Lipinski definition) is 0. The molecule has 0 aliphatic heterocycles. The van der Waals surface area contributed by atoms with Crippen LogP contribution in [0.1, 0.15) is 15.9 Å². The number of carbonyl (C=O) groups excluding carboxylic acids is 1. The molecule has 0 amide bonds. The fourth-order valence-corrected chi connectivity index (χ4v) is 3.23. The van der Waals surface area contributed by atoms with Crippen LogP contribution >= 0.6 is 7.60 Å². The third-order valence-corrected chi connectivity index (χ3v) is 5.68. The lowest BCUT2D eigenvalue weighted by atomic mass is 10.2. The van der Waals surface area contributed by atoms with Gasteiger partial charge in [0.15, 0.2) is 0 Å². The second kappa shape index (κ2) is 8.90. The van der Waals surface area contributed by atoms with Crippen LogP contribution in [-0.2, 0) is 20.2 Å². The quantitative estimate of drug-likeness (QED) is 0.529. The summed E-state index contributed by atoms with van der Waals surface area (Å²) in [5.41, 5.74) is -0.902. The van der Waals surface area contributed by atoms with Gasteiger partial charge in [-0.3, -0.25) is 18.7 Å². The molecule has 0 saturated heterocycles. The number of allylic oxidation sites excluding steroid dienone is 2. The normalized spacial score (nSPS) is 11.8. The van der Waals surface area contributed by atoms with Crippen LogP contribution in [0.3, 0.4) is 0 Å². The van der Waals surface area contributed by atoms with Gasteiger partial charge < -0.3 is 9.05 Å². The van der Waals surface area contributed by atoms with E-state index in [9.17, 15) is 18.9 Å². The third-order valence-electron chi connectivity index (χ3n) is 3.90. The molecule has 0 atom stereocenters. The molecule has 2 aromatic rings. The molecule has 0 aliphatic carbocycles. The summed E-state index contributed by atoms with van der Waals surface area (Å²) in [5.74, 6) is -0.685. The Bertz CT molecular complexity index is 999. The summed E-state index contributed by atoms with van der Waals surface area (Å²) in [6, 6.07) is 8.11. The van der Waals surface area contributed by atoms with Gasteiger partial charge in [-0.25, -0.2) is 4.79 Å². The van der Waals surface area contributed by atoms with E-state index in [4.69, 9.17) is 9.05 Å². The monoisotopic (exact) mass is 392 g/mol. The average Bonchev–Trinajstić information content (AvgIpc) is 2.69. The highest BCUT2D eigenvalue weighted by Crippen LogP contribution is 2.46. The summed E-state index contributed by atoms with van der Waals surface area (Å²) in [6.07, 6.45) is 4.57. The molecule has 0 aliphatic rings. The average molecular weight is 392 g/mol. The standard InChI is InChI=1S/C18H21N2O6P/c1-14-13-19(11-7-8-12-27(24,25-2)26-3)18(23)20(16(14)21)17(22)15-9-5-4-6-10-15/h4-10,13H,11-12H2,1-3H3/b8-7-. The van der Waals surface area contributed by atoms with Crippen molar-refractivity contribution >= 4 is 13.5 Å². The van der Waals surface area contributed by atoms with E-state index in [1.807, 2.05) is 0 Å². The maximum Gasteiger partial charge on any atom is 0.338 e. The zero-order valence-corrected chi connectivity index (χ0v) is 16.2. The summed E-state index contributed by atoms with van der Waals surface area (Å²) in [7, 11) is -0.603. The molecule has 8 nitrogen and oxygen atoms in total. The number of nitrogens with zero attached hydrogens (tertiary/aromatic N) is 2. The maximum atomic E-state index is 12.6. The van der Waals surface area contributed by atoms with E-state index in [0.717, 1.165) is 0 Å². The number of carbonyl (C=O) groups is 1.